The van der Waals surface area contributed by atoms with Gasteiger partial charge in [-0.1, -0.05) is 0 Å². The van der Waals surface area contributed by atoms with Crippen LogP contribution in [0.3, 0.4) is 0 Å². The molecule has 0 saturated heterocycles. The zero-order chi connectivity index (χ0) is 14.3. The quantitative estimate of drug-likeness (QED) is 0.394. The fourth-order valence-corrected chi connectivity index (χ4v) is 0. The van der Waals surface area contributed by atoms with Crippen molar-refractivity contribution in [1.29, 1.82) is 0 Å². The second-order valence-corrected chi connectivity index (χ2v) is 1.00. The molecule has 0 aliphatic carbocycles. The van der Waals surface area contributed by atoms with Gasteiger partial charge in [0.15, 0.2) is 0 Å². The van der Waals surface area contributed by atoms with Crippen LogP contribution in [0.4, 0.5) is 19.2 Å². The van der Waals surface area contributed by atoms with E-state index in [1.54, 1.807) is 0 Å². The average Bonchev–Trinajstić information content (AvgIpc) is 1.76. The monoisotopic (exact) mass is 264 g/mol. The molecule has 0 heterocycles. The zero-order valence-corrected chi connectivity index (χ0v) is 7.90. The Kier molecular flexibility index (Phi) is 58.9. The molecule has 0 radical (unpaired) electrons. The minimum absolute atomic E-state index is 0. The van der Waals surface area contributed by atoms with Crippen molar-refractivity contribution in [3.63, 3.8) is 0 Å². The fourth-order valence-electron chi connectivity index (χ4n) is 0. The third-order valence-electron chi connectivity index (χ3n) is 0. The first-order valence-electron chi connectivity index (χ1n) is 2.45. The number of rotatable bonds is 0. The Morgan fingerprint density at radius 3 is 0.389 bits per heavy atom. The predicted octanol–water partition coefficient (Wildman–Crippen LogP) is -9.63. The standard InChI is InChI=1S/4CH2O3.2C/c4*2-1(3)4;;/h4*(H2,2,3,4);;/q;;;;2*+4/p-8. The van der Waals surface area contributed by atoms with E-state index in [1.165, 1.54) is 0 Å². The van der Waals surface area contributed by atoms with E-state index in [0.29, 0.717) is 0 Å². The molecular weight excluding hydrogens is 264 g/mol. The van der Waals surface area contributed by atoms with Crippen molar-refractivity contribution in [2.75, 3.05) is 0 Å². The molecule has 0 aromatic carbocycles. The van der Waals surface area contributed by atoms with Gasteiger partial charge in [0, 0.05) is 0 Å². The topological polar surface area (TPSA) is 253 Å². The predicted molar refractivity (Wildman–Crippen MR) is 28.1 cm³/mol. The van der Waals surface area contributed by atoms with Crippen molar-refractivity contribution >= 4 is 24.6 Å². The van der Waals surface area contributed by atoms with E-state index in [9.17, 15) is 0 Å². The van der Waals surface area contributed by atoms with Crippen LogP contribution in [0.2, 0.25) is 0 Å². The molecule has 96 valence electrons. The van der Waals surface area contributed by atoms with Crippen LogP contribution >= 0.6 is 0 Å². The number of hydrogen-bond acceptors (Lipinski definition) is 12. The molecule has 0 amide bonds. The molecule has 0 aromatic rings. The van der Waals surface area contributed by atoms with Gasteiger partial charge in [0.25, 0.3) is 0 Å². The van der Waals surface area contributed by atoms with E-state index in [0.717, 1.165) is 0 Å². The molecular formula is C6O12. The molecule has 0 bridgehead atoms. The molecule has 0 atom stereocenters. The molecule has 0 fully saturated rings. The van der Waals surface area contributed by atoms with Crippen molar-refractivity contribution < 1.29 is 60.0 Å². The molecule has 0 N–H and O–H groups in total. The van der Waals surface area contributed by atoms with Crippen LogP contribution in [0.15, 0.2) is 0 Å². The molecule has 0 aliphatic rings. The van der Waals surface area contributed by atoms with E-state index in [2.05, 4.69) is 0 Å². The van der Waals surface area contributed by atoms with Gasteiger partial charge >= 0.3 is 14.9 Å². The number of hydrogen-bond donors (Lipinski definition) is 0. The number of carbonyl (C=O) groups is 4. The van der Waals surface area contributed by atoms with E-state index in [1.807, 2.05) is 0 Å². The first-order valence-corrected chi connectivity index (χ1v) is 2.45. The first-order chi connectivity index (χ1) is 6.93. The van der Waals surface area contributed by atoms with E-state index < -0.39 is 24.6 Å². The van der Waals surface area contributed by atoms with Gasteiger partial charge in [0.1, 0.15) is 0 Å². The first kappa shape index (κ1) is 36.3. The molecule has 0 aromatic heterocycles. The summed E-state index contributed by atoms with van der Waals surface area (Å²) in [4.78, 5) is 33.3. The third kappa shape index (κ3) is 224. The van der Waals surface area contributed by atoms with E-state index in [-0.39, 0.29) is 14.9 Å². The van der Waals surface area contributed by atoms with Gasteiger partial charge in [-0.25, -0.2) is 0 Å². The number of carbonyl (C=O) groups excluding carboxylic acids is 4. The average molecular weight is 264 g/mol. The minimum Gasteiger partial charge on any atom is -0.652 e. The Morgan fingerprint density at radius 1 is 0.389 bits per heavy atom. The van der Waals surface area contributed by atoms with Gasteiger partial charge in [0.2, 0.25) is 0 Å². The van der Waals surface area contributed by atoms with Gasteiger partial charge in [0.05, 0.1) is 0 Å². The Bertz CT molecular complexity index is 157. The maximum Gasteiger partial charge on any atom is 4.00 e. The van der Waals surface area contributed by atoms with Crippen molar-refractivity contribution in [3.05, 3.63) is 14.9 Å². The van der Waals surface area contributed by atoms with Crippen LogP contribution in [0.25, 0.3) is 0 Å². The Labute approximate surface area is 101 Å². The fraction of sp³-hybridized carbons (Fsp3) is 0. The van der Waals surface area contributed by atoms with E-state index in [4.69, 9.17) is 60.0 Å². The van der Waals surface area contributed by atoms with Gasteiger partial charge in [-0.15, -0.1) is 0 Å². The largest absolute Gasteiger partial charge is 4.00 e. The van der Waals surface area contributed by atoms with Gasteiger partial charge in [-0.05, 0) is 24.6 Å². The number of carboxylic acid groups (broad SMARTS) is 8. The molecule has 0 unspecified atom stereocenters. The maximum absolute atomic E-state index is 8.33. The molecule has 0 aliphatic heterocycles. The second kappa shape index (κ2) is 29.2. The molecule has 0 spiro atoms. The van der Waals surface area contributed by atoms with Gasteiger partial charge in [-0.3, -0.25) is 0 Å². The van der Waals surface area contributed by atoms with Crippen LogP contribution in [0.1, 0.15) is 0 Å². The summed E-state index contributed by atoms with van der Waals surface area (Å²) in [6, 6.07) is 0. The Morgan fingerprint density at radius 2 is 0.389 bits per heavy atom. The summed E-state index contributed by atoms with van der Waals surface area (Å²) >= 11 is 0. The summed E-state index contributed by atoms with van der Waals surface area (Å²) in [5.74, 6) is 0. The van der Waals surface area contributed by atoms with Crippen LogP contribution in [0.5, 0.6) is 0 Å². The summed E-state index contributed by atoms with van der Waals surface area (Å²) < 4.78 is 0. The Balaban J connectivity index is -0.0000000257. The van der Waals surface area contributed by atoms with Crippen molar-refractivity contribution in [2.45, 2.75) is 0 Å². The van der Waals surface area contributed by atoms with E-state index >= 15 is 0 Å². The molecule has 18 heavy (non-hydrogen) atoms. The van der Waals surface area contributed by atoms with Crippen LogP contribution < -0.4 is 40.9 Å². The summed E-state index contributed by atoms with van der Waals surface area (Å²) in [7, 11) is 0. The van der Waals surface area contributed by atoms with Crippen molar-refractivity contribution in [2.24, 2.45) is 0 Å². The summed E-state index contributed by atoms with van der Waals surface area (Å²) in [5, 5.41) is 66.7. The molecule has 0 saturated carbocycles. The van der Waals surface area contributed by atoms with Gasteiger partial charge < -0.3 is 60.0 Å². The van der Waals surface area contributed by atoms with Crippen molar-refractivity contribution in [1.82, 2.24) is 0 Å². The van der Waals surface area contributed by atoms with Crippen LogP contribution in [-0.2, 0) is 0 Å². The second-order valence-electron chi connectivity index (χ2n) is 1.00. The summed E-state index contributed by atoms with van der Waals surface area (Å²) in [6.45, 7) is 0. The molecule has 12 nitrogen and oxygen atoms in total. The SMILES string of the molecule is O=C([O-])[O-].O=C([O-])[O-].O=C([O-])[O-].O=C([O-])[O-].[C+4].[C+4]. The van der Waals surface area contributed by atoms with Gasteiger partial charge in [-0.2, -0.15) is 0 Å². The van der Waals surface area contributed by atoms with Crippen LogP contribution in [0, 0.1) is 14.9 Å². The normalized spacial score (nSPS) is 5.33. The summed E-state index contributed by atoms with van der Waals surface area (Å²) in [6.07, 6.45) is -9.33. The molecule has 0 rings (SSSR count). The van der Waals surface area contributed by atoms with Crippen LogP contribution in [-0.4, -0.2) is 24.6 Å². The summed E-state index contributed by atoms with van der Waals surface area (Å²) in [5.41, 5.74) is 0. The minimum atomic E-state index is -2.33. The smallest absolute Gasteiger partial charge is 0.652 e. The Hall–Kier alpha value is -2.92. The van der Waals surface area contributed by atoms with Crippen molar-refractivity contribution in [3.8, 4) is 0 Å². The third-order valence-corrected chi connectivity index (χ3v) is 0. The maximum atomic E-state index is 8.33. The zero-order valence-electron chi connectivity index (χ0n) is 7.90. The molecule has 12 heteroatoms.